The van der Waals surface area contributed by atoms with Gasteiger partial charge in [-0.1, -0.05) is 39.0 Å². The topological polar surface area (TPSA) is 46.6 Å². The number of ketones is 1. The third kappa shape index (κ3) is 2.28. The van der Waals surface area contributed by atoms with Crippen LogP contribution in [-0.2, 0) is 14.4 Å². The van der Waals surface area contributed by atoms with E-state index in [1.165, 1.54) is 12.0 Å². The molecule has 2 fully saturated rings. The van der Waals surface area contributed by atoms with Crippen molar-refractivity contribution in [1.82, 2.24) is 0 Å². The van der Waals surface area contributed by atoms with Gasteiger partial charge in [-0.3, -0.25) is 4.79 Å². The van der Waals surface area contributed by atoms with Crippen LogP contribution in [0.2, 0.25) is 0 Å². The fourth-order valence-electron chi connectivity index (χ4n) is 4.07. The summed E-state index contributed by atoms with van der Waals surface area (Å²) in [6.07, 6.45) is 3.65. The molecule has 23 heavy (non-hydrogen) atoms. The summed E-state index contributed by atoms with van der Waals surface area (Å²) in [5.41, 5.74) is 1.12. The number of anilines is 1. The zero-order chi connectivity index (χ0) is 16.8. The highest BCUT2D eigenvalue weighted by atomic mass is 16.7. The van der Waals surface area contributed by atoms with E-state index in [2.05, 4.69) is 20.8 Å². The first-order valence-electron chi connectivity index (χ1n) is 8.07. The summed E-state index contributed by atoms with van der Waals surface area (Å²) < 4.78 is 0. The first kappa shape index (κ1) is 15.8. The number of para-hydroxylation sites is 1. The average Bonchev–Trinajstić information content (AvgIpc) is 2.81. The molecule has 0 aliphatic heterocycles. The van der Waals surface area contributed by atoms with E-state index in [1.54, 1.807) is 6.20 Å². The number of carbonyl (C=O) groups is 2. The number of allylic oxidation sites excluding steroid dienone is 1. The van der Waals surface area contributed by atoms with Crippen molar-refractivity contribution >= 4 is 17.4 Å². The maximum Gasteiger partial charge on any atom is 0.329 e. The van der Waals surface area contributed by atoms with Crippen molar-refractivity contribution in [3.8, 4) is 0 Å². The third-order valence-electron chi connectivity index (χ3n) is 5.86. The Morgan fingerprint density at radius 1 is 1.26 bits per heavy atom. The quantitative estimate of drug-likeness (QED) is 0.627. The molecule has 0 spiro atoms. The van der Waals surface area contributed by atoms with Crippen LogP contribution >= 0.6 is 0 Å². The second-order valence-corrected chi connectivity index (χ2v) is 7.30. The number of hydroxylamine groups is 1. The molecular weight excluding hydrogens is 290 g/mol. The molecule has 2 saturated carbocycles. The summed E-state index contributed by atoms with van der Waals surface area (Å²) in [5.74, 6) is -0.0135. The van der Waals surface area contributed by atoms with Gasteiger partial charge >= 0.3 is 5.97 Å². The highest BCUT2D eigenvalue weighted by Gasteiger charge is 2.64. The molecule has 2 atom stereocenters. The lowest BCUT2D eigenvalue weighted by molar-refractivity contribution is -0.141. The molecule has 1 aromatic rings. The number of hydrogen-bond acceptors (Lipinski definition) is 4. The van der Waals surface area contributed by atoms with Gasteiger partial charge in [0.15, 0.2) is 5.78 Å². The van der Waals surface area contributed by atoms with E-state index < -0.39 is 5.97 Å². The molecule has 0 aromatic heterocycles. The number of fused-ring (bicyclic) bond motifs is 2. The Morgan fingerprint density at radius 2 is 1.91 bits per heavy atom. The van der Waals surface area contributed by atoms with Crippen molar-refractivity contribution < 1.29 is 14.4 Å². The highest BCUT2D eigenvalue weighted by molar-refractivity contribution is 6.05. The Hall–Kier alpha value is -2.10. The Bertz CT molecular complexity index is 677. The minimum absolute atomic E-state index is 0.0610. The molecular formula is C19H23NO3. The molecule has 2 aliphatic carbocycles. The molecule has 0 radical (unpaired) electrons. The molecule has 4 heteroatoms. The van der Waals surface area contributed by atoms with Crippen LogP contribution in [0.3, 0.4) is 0 Å². The Kier molecular flexibility index (Phi) is 3.58. The predicted molar refractivity (Wildman–Crippen MR) is 88.4 cm³/mol. The Morgan fingerprint density at radius 3 is 2.43 bits per heavy atom. The van der Waals surface area contributed by atoms with E-state index in [0.29, 0.717) is 0 Å². The molecule has 2 bridgehead atoms. The van der Waals surface area contributed by atoms with E-state index in [4.69, 9.17) is 4.84 Å². The van der Waals surface area contributed by atoms with Crippen LogP contribution in [0.5, 0.6) is 0 Å². The zero-order valence-corrected chi connectivity index (χ0v) is 14.1. The Balaban J connectivity index is 2.01. The van der Waals surface area contributed by atoms with Crippen LogP contribution in [0, 0.1) is 16.7 Å². The van der Waals surface area contributed by atoms with Crippen molar-refractivity contribution in [3.63, 3.8) is 0 Å². The molecule has 0 saturated heterocycles. The van der Waals surface area contributed by atoms with Crippen LogP contribution in [0.1, 0.15) is 40.5 Å². The predicted octanol–water partition coefficient (Wildman–Crippen LogP) is 3.88. The van der Waals surface area contributed by atoms with Crippen LogP contribution < -0.4 is 5.06 Å². The normalized spacial score (nSPS) is 29.8. The number of benzene rings is 1. The van der Waals surface area contributed by atoms with Gasteiger partial charge in [0.25, 0.3) is 0 Å². The Labute approximate surface area is 137 Å². The van der Waals surface area contributed by atoms with Crippen molar-refractivity contribution in [1.29, 1.82) is 0 Å². The van der Waals surface area contributed by atoms with Crippen molar-refractivity contribution in [3.05, 3.63) is 42.1 Å². The van der Waals surface area contributed by atoms with Gasteiger partial charge in [-0.05, 0) is 36.3 Å². The van der Waals surface area contributed by atoms with Crippen LogP contribution in [-0.4, -0.2) is 11.8 Å². The number of carbonyl (C=O) groups excluding carboxylic acids is 2. The summed E-state index contributed by atoms with van der Waals surface area (Å²) in [6, 6.07) is 9.35. The molecule has 0 heterocycles. The minimum atomic E-state index is -0.410. The van der Waals surface area contributed by atoms with E-state index in [0.717, 1.165) is 24.1 Å². The summed E-state index contributed by atoms with van der Waals surface area (Å²) in [4.78, 5) is 29.7. The van der Waals surface area contributed by atoms with Crippen molar-refractivity contribution in [2.75, 3.05) is 5.06 Å². The zero-order valence-electron chi connectivity index (χ0n) is 14.1. The van der Waals surface area contributed by atoms with Gasteiger partial charge in [0.2, 0.25) is 0 Å². The van der Waals surface area contributed by atoms with Gasteiger partial charge in [0.1, 0.15) is 0 Å². The molecule has 3 rings (SSSR count). The van der Waals surface area contributed by atoms with E-state index in [1.807, 2.05) is 30.3 Å². The van der Waals surface area contributed by atoms with Gasteiger partial charge in [-0.25, -0.2) is 4.79 Å². The number of nitrogens with zero attached hydrogens (tertiary/aromatic N) is 1. The van der Waals surface area contributed by atoms with Gasteiger partial charge in [0, 0.05) is 17.9 Å². The summed E-state index contributed by atoms with van der Waals surface area (Å²) in [5, 5.41) is 1.43. The lowest BCUT2D eigenvalue weighted by atomic mass is 9.70. The maximum atomic E-state index is 12.9. The van der Waals surface area contributed by atoms with Crippen LogP contribution in [0.25, 0.3) is 0 Å². The smallest absolute Gasteiger partial charge is 0.329 e. The van der Waals surface area contributed by atoms with Gasteiger partial charge in [-0.2, -0.15) is 5.06 Å². The standard InChI is InChI=1S/C19H23NO3/c1-13(21)23-20(14-8-6-5-7-9-14)12-15-16-10-11-19(4,17(15)22)18(16,2)3/h5-9,12,16H,10-11H2,1-4H3/t16-,19+/m1/s1. The van der Waals surface area contributed by atoms with Crippen molar-refractivity contribution in [2.24, 2.45) is 16.7 Å². The first-order valence-corrected chi connectivity index (χ1v) is 8.07. The molecule has 0 unspecified atom stereocenters. The SMILES string of the molecule is CC(=O)ON(C=C1C(=O)[C@]2(C)CC[C@H]1C2(C)C)c1ccccc1. The largest absolute Gasteiger partial charge is 0.337 e. The second kappa shape index (κ2) is 5.22. The molecule has 0 amide bonds. The molecule has 4 nitrogen and oxygen atoms in total. The average molecular weight is 313 g/mol. The molecule has 122 valence electrons. The summed E-state index contributed by atoms with van der Waals surface area (Å²) in [7, 11) is 0. The highest BCUT2D eigenvalue weighted by Crippen LogP contribution is 2.65. The maximum absolute atomic E-state index is 12.9. The molecule has 2 aliphatic rings. The van der Waals surface area contributed by atoms with Crippen LogP contribution in [0.15, 0.2) is 42.1 Å². The monoisotopic (exact) mass is 313 g/mol. The van der Waals surface area contributed by atoms with Crippen LogP contribution in [0.4, 0.5) is 5.69 Å². The molecule has 1 aromatic carbocycles. The van der Waals surface area contributed by atoms with Gasteiger partial charge in [-0.15, -0.1) is 0 Å². The third-order valence-corrected chi connectivity index (χ3v) is 5.86. The van der Waals surface area contributed by atoms with Gasteiger partial charge < -0.3 is 4.84 Å². The number of hydrogen-bond donors (Lipinski definition) is 0. The van der Waals surface area contributed by atoms with Crippen molar-refractivity contribution in [2.45, 2.75) is 40.5 Å². The lowest BCUT2D eigenvalue weighted by Gasteiger charge is -2.31. The molecule has 0 N–H and O–H groups in total. The fraction of sp³-hybridized carbons (Fsp3) is 0.474. The first-order chi connectivity index (χ1) is 10.8. The van der Waals surface area contributed by atoms with Gasteiger partial charge in [0.05, 0.1) is 11.9 Å². The fourth-order valence-corrected chi connectivity index (χ4v) is 4.07. The van der Waals surface area contributed by atoms with E-state index in [9.17, 15) is 9.59 Å². The second-order valence-electron chi connectivity index (χ2n) is 7.30. The number of Topliss-reactive ketones (excluding diaryl/α,β-unsaturated/α-hetero) is 1. The number of rotatable bonds is 3. The summed E-state index contributed by atoms with van der Waals surface area (Å²) >= 11 is 0. The lowest BCUT2D eigenvalue weighted by Crippen LogP contribution is -2.32. The summed E-state index contributed by atoms with van der Waals surface area (Å²) in [6.45, 7) is 7.77. The van der Waals surface area contributed by atoms with E-state index in [-0.39, 0.29) is 22.5 Å². The van der Waals surface area contributed by atoms with E-state index >= 15 is 0 Å². The minimum Gasteiger partial charge on any atom is -0.337 e.